The van der Waals surface area contributed by atoms with Gasteiger partial charge in [-0.2, -0.15) is 0 Å². The number of hydrogen-bond donors (Lipinski definition) is 1. The summed E-state index contributed by atoms with van der Waals surface area (Å²) in [7, 11) is 0. The Morgan fingerprint density at radius 3 is 2.84 bits per heavy atom. The molecule has 0 bridgehead atoms. The van der Waals surface area contributed by atoms with Gasteiger partial charge in [-0.05, 0) is 32.8 Å². The number of nitrogens with one attached hydrogen (secondary N) is 1. The van der Waals surface area contributed by atoms with E-state index in [0.29, 0.717) is 13.1 Å². The molecule has 2 aliphatic rings. The zero-order valence-electron chi connectivity index (χ0n) is 14.8. The maximum absolute atomic E-state index is 13.0. The molecule has 2 aromatic rings. The molecule has 1 fully saturated rings. The summed E-state index contributed by atoms with van der Waals surface area (Å²) in [6.45, 7) is 6.99. The number of H-pyrrole nitrogens is 1. The minimum Gasteiger partial charge on any atom is -0.347 e. The van der Waals surface area contributed by atoms with Crippen LogP contribution in [0.25, 0.3) is 0 Å². The third-order valence-electron chi connectivity index (χ3n) is 5.11. The predicted molar refractivity (Wildman–Crippen MR) is 94.2 cm³/mol. The van der Waals surface area contributed by atoms with E-state index >= 15 is 0 Å². The van der Waals surface area contributed by atoms with Crippen LogP contribution in [-0.2, 0) is 17.8 Å². The van der Waals surface area contributed by atoms with Crippen molar-refractivity contribution in [3.63, 3.8) is 0 Å². The van der Waals surface area contributed by atoms with Crippen molar-refractivity contribution in [3.05, 3.63) is 35.2 Å². The van der Waals surface area contributed by atoms with E-state index in [-0.39, 0.29) is 11.8 Å². The Morgan fingerprint density at radius 1 is 1.24 bits per heavy atom. The minimum absolute atomic E-state index is 0.0163. The van der Waals surface area contributed by atoms with Gasteiger partial charge >= 0.3 is 0 Å². The number of rotatable bonds is 2. The number of imidazole rings is 1. The lowest BCUT2D eigenvalue weighted by Crippen LogP contribution is -2.46. The smallest absolute Gasteiger partial charge is 0.227 e. The predicted octanol–water partition coefficient (Wildman–Crippen LogP) is 1.62. The molecule has 132 valence electrons. The zero-order chi connectivity index (χ0) is 17.4. The molecule has 2 aliphatic heterocycles. The molecule has 1 N–H and O–H groups in total. The highest BCUT2D eigenvalue weighted by molar-refractivity contribution is 5.80. The largest absolute Gasteiger partial charge is 0.347 e. The van der Waals surface area contributed by atoms with E-state index in [0.717, 1.165) is 61.1 Å². The number of amides is 1. The molecule has 0 radical (unpaired) electrons. The van der Waals surface area contributed by atoms with Gasteiger partial charge in [-0.25, -0.2) is 15.0 Å². The van der Waals surface area contributed by atoms with Crippen molar-refractivity contribution in [2.24, 2.45) is 5.92 Å². The van der Waals surface area contributed by atoms with E-state index < -0.39 is 0 Å². The van der Waals surface area contributed by atoms with Crippen molar-refractivity contribution in [3.8, 4) is 0 Å². The molecule has 1 unspecified atom stereocenters. The van der Waals surface area contributed by atoms with E-state index in [4.69, 9.17) is 0 Å². The summed E-state index contributed by atoms with van der Waals surface area (Å²) >= 11 is 0. The van der Waals surface area contributed by atoms with Gasteiger partial charge in [-0.3, -0.25) is 4.79 Å². The SMILES string of the molecule is Cc1cc(C)nc(N2CCCC(C(=O)N3CCc4nc[nH]c4C3)C2)n1. The maximum Gasteiger partial charge on any atom is 0.227 e. The molecule has 25 heavy (non-hydrogen) atoms. The van der Waals surface area contributed by atoms with E-state index in [9.17, 15) is 4.79 Å². The second-order valence-corrected chi connectivity index (χ2v) is 7.07. The van der Waals surface area contributed by atoms with Crippen LogP contribution in [0.15, 0.2) is 12.4 Å². The molecule has 1 atom stereocenters. The number of anilines is 1. The van der Waals surface area contributed by atoms with Crippen molar-refractivity contribution < 1.29 is 4.79 Å². The summed E-state index contributed by atoms with van der Waals surface area (Å²) < 4.78 is 0. The van der Waals surface area contributed by atoms with E-state index in [2.05, 4.69) is 24.8 Å². The molecule has 0 spiro atoms. The highest BCUT2D eigenvalue weighted by Crippen LogP contribution is 2.25. The number of aromatic nitrogens is 4. The Hall–Kier alpha value is -2.44. The summed E-state index contributed by atoms with van der Waals surface area (Å²) in [5.74, 6) is 1.02. The second-order valence-electron chi connectivity index (χ2n) is 7.07. The van der Waals surface area contributed by atoms with Gasteiger partial charge in [-0.15, -0.1) is 0 Å². The van der Waals surface area contributed by atoms with Gasteiger partial charge in [0, 0.05) is 37.4 Å². The van der Waals surface area contributed by atoms with Gasteiger partial charge < -0.3 is 14.8 Å². The normalized spacial score (nSPS) is 20.5. The fourth-order valence-corrected chi connectivity index (χ4v) is 3.87. The third-order valence-corrected chi connectivity index (χ3v) is 5.11. The van der Waals surface area contributed by atoms with Crippen molar-refractivity contribution >= 4 is 11.9 Å². The molecule has 0 aromatic carbocycles. The van der Waals surface area contributed by atoms with Gasteiger partial charge in [0.15, 0.2) is 0 Å². The summed E-state index contributed by atoms with van der Waals surface area (Å²) in [6, 6.07) is 1.98. The van der Waals surface area contributed by atoms with E-state index in [1.165, 1.54) is 0 Å². The standard InChI is InChI=1S/C18H24N6O/c1-12-8-13(2)22-18(21-12)24-6-3-4-14(9-24)17(25)23-7-5-15-16(10-23)20-11-19-15/h8,11,14H,3-7,9-10H2,1-2H3,(H,19,20). The summed E-state index contributed by atoms with van der Waals surface area (Å²) in [5, 5.41) is 0. The van der Waals surface area contributed by atoms with Crippen LogP contribution in [0, 0.1) is 19.8 Å². The van der Waals surface area contributed by atoms with Gasteiger partial charge in [0.1, 0.15) is 0 Å². The van der Waals surface area contributed by atoms with Crippen LogP contribution >= 0.6 is 0 Å². The second kappa shape index (κ2) is 6.46. The first kappa shape index (κ1) is 16.1. The lowest BCUT2D eigenvalue weighted by atomic mass is 9.96. The van der Waals surface area contributed by atoms with Crippen LogP contribution in [0.2, 0.25) is 0 Å². The van der Waals surface area contributed by atoms with Crippen molar-refractivity contribution in [1.82, 2.24) is 24.8 Å². The monoisotopic (exact) mass is 340 g/mol. The van der Waals surface area contributed by atoms with Crippen LogP contribution < -0.4 is 4.90 Å². The number of fused-ring (bicyclic) bond motifs is 1. The Balaban J connectivity index is 1.47. The molecule has 0 saturated carbocycles. The third kappa shape index (κ3) is 3.23. The Bertz CT molecular complexity index is 765. The molecule has 2 aromatic heterocycles. The van der Waals surface area contributed by atoms with Gasteiger partial charge in [0.25, 0.3) is 0 Å². The van der Waals surface area contributed by atoms with Crippen molar-refractivity contribution in [2.75, 3.05) is 24.5 Å². The summed E-state index contributed by atoms with van der Waals surface area (Å²) in [6.07, 6.45) is 4.49. The molecule has 1 saturated heterocycles. The number of hydrogen-bond acceptors (Lipinski definition) is 5. The van der Waals surface area contributed by atoms with Gasteiger partial charge in [-0.1, -0.05) is 0 Å². The van der Waals surface area contributed by atoms with E-state index in [1.54, 1.807) is 6.33 Å². The lowest BCUT2D eigenvalue weighted by molar-refractivity contribution is -0.136. The highest BCUT2D eigenvalue weighted by atomic mass is 16.2. The van der Waals surface area contributed by atoms with Crippen LogP contribution in [0.1, 0.15) is 35.6 Å². The molecule has 4 heterocycles. The number of aromatic amines is 1. The average molecular weight is 340 g/mol. The molecular formula is C18H24N6O. The Kier molecular flexibility index (Phi) is 4.15. The Labute approximate surface area is 147 Å². The first-order valence-electron chi connectivity index (χ1n) is 8.97. The van der Waals surface area contributed by atoms with Crippen LogP contribution in [-0.4, -0.2) is 50.4 Å². The van der Waals surface area contributed by atoms with Crippen LogP contribution in [0.5, 0.6) is 0 Å². The topological polar surface area (TPSA) is 78.0 Å². The first-order chi connectivity index (χ1) is 12.1. The lowest BCUT2D eigenvalue weighted by Gasteiger charge is -2.36. The Morgan fingerprint density at radius 2 is 2.04 bits per heavy atom. The van der Waals surface area contributed by atoms with Crippen molar-refractivity contribution in [2.45, 2.75) is 39.7 Å². The fourth-order valence-electron chi connectivity index (χ4n) is 3.87. The summed E-state index contributed by atoms with van der Waals surface area (Å²) in [5.41, 5.74) is 4.11. The minimum atomic E-state index is 0.0163. The fraction of sp³-hybridized carbons (Fsp3) is 0.556. The van der Waals surface area contributed by atoms with Crippen LogP contribution in [0.3, 0.4) is 0 Å². The molecular weight excluding hydrogens is 316 g/mol. The zero-order valence-corrected chi connectivity index (χ0v) is 14.8. The highest BCUT2D eigenvalue weighted by Gasteiger charge is 2.32. The molecule has 1 amide bonds. The van der Waals surface area contributed by atoms with Crippen LogP contribution in [0.4, 0.5) is 5.95 Å². The number of piperidine rings is 1. The number of nitrogens with zero attached hydrogens (tertiary/aromatic N) is 5. The molecule has 4 rings (SSSR count). The average Bonchev–Trinajstić information content (AvgIpc) is 3.08. The molecule has 7 heteroatoms. The maximum atomic E-state index is 13.0. The first-order valence-corrected chi connectivity index (χ1v) is 8.97. The number of carbonyl (C=O) groups excluding carboxylic acids is 1. The van der Waals surface area contributed by atoms with Gasteiger partial charge in [0.05, 0.1) is 30.2 Å². The number of carbonyl (C=O) groups is 1. The molecule has 0 aliphatic carbocycles. The number of aryl methyl sites for hydroxylation is 2. The quantitative estimate of drug-likeness (QED) is 0.899. The van der Waals surface area contributed by atoms with Gasteiger partial charge in [0.2, 0.25) is 11.9 Å². The van der Waals surface area contributed by atoms with Crippen molar-refractivity contribution in [1.29, 1.82) is 0 Å². The molecule has 7 nitrogen and oxygen atoms in total. The van der Waals surface area contributed by atoms with E-state index in [1.807, 2.05) is 24.8 Å². The summed E-state index contributed by atoms with van der Waals surface area (Å²) in [4.78, 5) is 33.8.